The molecule has 0 aliphatic carbocycles. The Hall–Kier alpha value is -2.38. The summed E-state index contributed by atoms with van der Waals surface area (Å²) in [5.41, 5.74) is 6.08. The van der Waals surface area contributed by atoms with E-state index in [1.165, 1.54) is 12.0 Å². The lowest BCUT2D eigenvalue weighted by molar-refractivity contribution is 0.0687. The lowest BCUT2D eigenvalue weighted by atomic mass is 10.2. The molecule has 1 aromatic rings. The second-order valence-corrected chi connectivity index (χ2v) is 3.49. The molecule has 0 bridgehead atoms. The second kappa shape index (κ2) is 3.89. The van der Waals surface area contributed by atoms with E-state index in [1.54, 1.807) is 0 Å². The SMILES string of the molecule is COC(=O)N1Cc2nc(N)nc(C(=O)O)c2C1. The maximum absolute atomic E-state index is 11.3. The van der Waals surface area contributed by atoms with E-state index in [1.807, 2.05) is 0 Å². The number of carbonyl (C=O) groups excluding carboxylic acids is 1. The Morgan fingerprint density at radius 2 is 2.12 bits per heavy atom. The summed E-state index contributed by atoms with van der Waals surface area (Å²) in [5, 5.41) is 8.97. The van der Waals surface area contributed by atoms with Gasteiger partial charge in [0.1, 0.15) is 0 Å². The van der Waals surface area contributed by atoms with Gasteiger partial charge < -0.3 is 15.6 Å². The highest BCUT2D eigenvalue weighted by atomic mass is 16.5. The van der Waals surface area contributed by atoms with Crippen LogP contribution in [0.4, 0.5) is 10.7 Å². The molecule has 8 nitrogen and oxygen atoms in total. The van der Waals surface area contributed by atoms with Crippen LogP contribution in [0.15, 0.2) is 0 Å². The van der Waals surface area contributed by atoms with Gasteiger partial charge in [-0.25, -0.2) is 19.6 Å². The number of fused-ring (bicyclic) bond motifs is 1. The van der Waals surface area contributed by atoms with Gasteiger partial charge in [-0.2, -0.15) is 0 Å². The number of methoxy groups -OCH3 is 1. The van der Waals surface area contributed by atoms with Crippen LogP contribution < -0.4 is 5.73 Å². The fourth-order valence-electron chi connectivity index (χ4n) is 1.71. The van der Waals surface area contributed by atoms with E-state index in [0.29, 0.717) is 11.3 Å². The molecule has 2 rings (SSSR count). The van der Waals surface area contributed by atoms with E-state index < -0.39 is 12.1 Å². The monoisotopic (exact) mass is 238 g/mol. The largest absolute Gasteiger partial charge is 0.476 e. The number of carbonyl (C=O) groups is 2. The van der Waals surface area contributed by atoms with Gasteiger partial charge in [-0.1, -0.05) is 0 Å². The van der Waals surface area contributed by atoms with E-state index in [4.69, 9.17) is 10.8 Å². The van der Waals surface area contributed by atoms with Gasteiger partial charge in [-0.15, -0.1) is 0 Å². The first-order chi connectivity index (χ1) is 8.02. The van der Waals surface area contributed by atoms with Crippen LogP contribution in [0.25, 0.3) is 0 Å². The summed E-state index contributed by atoms with van der Waals surface area (Å²) in [6.45, 7) is 0.291. The number of ether oxygens (including phenoxy) is 1. The number of aromatic nitrogens is 2. The summed E-state index contributed by atoms with van der Waals surface area (Å²) in [6.07, 6.45) is -0.544. The number of hydrogen-bond donors (Lipinski definition) is 2. The summed E-state index contributed by atoms with van der Waals surface area (Å²) in [4.78, 5) is 31.2. The van der Waals surface area contributed by atoms with Crippen molar-refractivity contribution >= 4 is 18.0 Å². The second-order valence-electron chi connectivity index (χ2n) is 3.49. The molecule has 1 aliphatic heterocycles. The number of aromatic carboxylic acids is 1. The number of carboxylic acid groups (broad SMARTS) is 1. The third kappa shape index (κ3) is 1.84. The highest BCUT2D eigenvalue weighted by Crippen LogP contribution is 2.24. The highest BCUT2D eigenvalue weighted by molar-refractivity contribution is 5.88. The van der Waals surface area contributed by atoms with E-state index in [0.717, 1.165) is 0 Å². The standard InChI is InChI=1S/C9H10N4O4/c1-17-9(16)13-2-4-5(3-13)11-8(10)12-6(4)7(14)15/h2-3H2,1H3,(H,14,15)(H2,10,11,12). The van der Waals surface area contributed by atoms with Crippen molar-refractivity contribution in [2.45, 2.75) is 13.1 Å². The van der Waals surface area contributed by atoms with E-state index in [-0.39, 0.29) is 24.7 Å². The van der Waals surface area contributed by atoms with Crippen molar-refractivity contribution in [3.63, 3.8) is 0 Å². The molecule has 1 aromatic heterocycles. The number of nitrogens with two attached hydrogens (primary N) is 1. The predicted molar refractivity (Wildman–Crippen MR) is 55.1 cm³/mol. The zero-order chi connectivity index (χ0) is 12.6. The first kappa shape index (κ1) is 11.1. The Morgan fingerprint density at radius 3 is 2.71 bits per heavy atom. The minimum absolute atomic E-state index is 0.115. The van der Waals surface area contributed by atoms with Gasteiger partial charge in [-0.3, -0.25) is 4.90 Å². The number of rotatable bonds is 1. The van der Waals surface area contributed by atoms with Crippen LogP contribution in [-0.2, 0) is 17.8 Å². The van der Waals surface area contributed by atoms with Gasteiger partial charge >= 0.3 is 12.1 Å². The molecule has 0 aromatic carbocycles. The molecule has 1 amide bonds. The van der Waals surface area contributed by atoms with Crippen LogP contribution in [-0.4, -0.2) is 39.1 Å². The van der Waals surface area contributed by atoms with Crippen molar-refractivity contribution in [1.29, 1.82) is 0 Å². The molecule has 8 heteroatoms. The van der Waals surface area contributed by atoms with Crippen molar-refractivity contribution in [2.24, 2.45) is 0 Å². The summed E-state index contributed by atoms with van der Waals surface area (Å²) in [7, 11) is 1.25. The minimum atomic E-state index is -1.19. The van der Waals surface area contributed by atoms with Crippen LogP contribution in [0.1, 0.15) is 21.7 Å². The van der Waals surface area contributed by atoms with Crippen LogP contribution in [0, 0.1) is 0 Å². The van der Waals surface area contributed by atoms with Gasteiger partial charge in [0.15, 0.2) is 5.69 Å². The van der Waals surface area contributed by atoms with Crippen LogP contribution in [0.5, 0.6) is 0 Å². The fourth-order valence-corrected chi connectivity index (χ4v) is 1.71. The Balaban J connectivity index is 2.40. The molecule has 1 aliphatic rings. The fraction of sp³-hybridized carbons (Fsp3) is 0.333. The quantitative estimate of drug-likeness (QED) is 0.697. The van der Waals surface area contributed by atoms with Crippen molar-refractivity contribution in [2.75, 3.05) is 12.8 Å². The molecule has 90 valence electrons. The molecule has 0 spiro atoms. The summed E-state index contributed by atoms with van der Waals surface area (Å²) in [6, 6.07) is 0. The lowest BCUT2D eigenvalue weighted by Crippen LogP contribution is -2.25. The summed E-state index contributed by atoms with van der Waals surface area (Å²) >= 11 is 0. The smallest absolute Gasteiger partial charge is 0.410 e. The topological polar surface area (TPSA) is 119 Å². The lowest BCUT2D eigenvalue weighted by Gasteiger charge is -2.12. The third-order valence-electron chi connectivity index (χ3n) is 2.44. The molecule has 0 fully saturated rings. The van der Waals surface area contributed by atoms with E-state index in [9.17, 15) is 9.59 Å². The normalized spacial score (nSPS) is 13.4. The average molecular weight is 238 g/mol. The highest BCUT2D eigenvalue weighted by Gasteiger charge is 2.30. The number of amides is 1. The number of hydrogen-bond acceptors (Lipinski definition) is 6. The van der Waals surface area contributed by atoms with Crippen LogP contribution >= 0.6 is 0 Å². The number of anilines is 1. The summed E-state index contributed by atoms with van der Waals surface area (Å²) in [5.74, 6) is -1.31. The molecule has 2 heterocycles. The molecular weight excluding hydrogens is 228 g/mol. The number of nitrogens with zero attached hydrogens (tertiary/aromatic N) is 3. The van der Waals surface area contributed by atoms with E-state index in [2.05, 4.69) is 14.7 Å². The first-order valence-electron chi connectivity index (χ1n) is 4.74. The Morgan fingerprint density at radius 1 is 1.41 bits per heavy atom. The Kier molecular flexibility index (Phi) is 2.54. The average Bonchev–Trinajstić information content (AvgIpc) is 2.69. The van der Waals surface area contributed by atoms with Crippen molar-refractivity contribution < 1.29 is 19.4 Å². The molecule has 3 N–H and O–H groups in total. The molecule has 0 saturated carbocycles. The molecule has 17 heavy (non-hydrogen) atoms. The zero-order valence-electron chi connectivity index (χ0n) is 9.01. The van der Waals surface area contributed by atoms with Gasteiger partial charge in [0.05, 0.1) is 25.9 Å². The third-order valence-corrected chi connectivity index (χ3v) is 2.44. The van der Waals surface area contributed by atoms with Gasteiger partial charge in [-0.05, 0) is 0 Å². The van der Waals surface area contributed by atoms with Gasteiger partial charge in [0.25, 0.3) is 0 Å². The molecule has 0 saturated heterocycles. The Bertz CT molecular complexity index is 502. The molecule has 0 atom stereocenters. The number of carboxylic acids is 1. The number of nitrogen functional groups attached to an aromatic ring is 1. The molecule has 0 radical (unpaired) electrons. The van der Waals surface area contributed by atoms with Crippen LogP contribution in [0.3, 0.4) is 0 Å². The minimum Gasteiger partial charge on any atom is -0.476 e. The zero-order valence-corrected chi connectivity index (χ0v) is 9.01. The van der Waals surface area contributed by atoms with Crippen molar-refractivity contribution in [3.05, 3.63) is 17.0 Å². The molecular formula is C9H10N4O4. The van der Waals surface area contributed by atoms with Crippen LogP contribution in [0.2, 0.25) is 0 Å². The molecule has 0 unspecified atom stereocenters. The predicted octanol–water partition coefficient (Wildman–Crippen LogP) is -0.161. The maximum Gasteiger partial charge on any atom is 0.410 e. The first-order valence-corrected chi connectivity index (χ1v) is 4.74. The van der Waals surface area contributed by atoms with Crippen molar-refractivity contribution in [3.8, 4) is 0 Å². The maximum atomic E-state index is 11.3. The Labute approximate surface area is 96.0 Å². The van der Waals surface area contributed by atoms with Crippen molar-refractivity contribution in [1.82, 2.24) is 14.9 Å². The summed E-state index contributed by atoms with van der Waals surface area (Å²) < 4.78 is 4.56. The van der Waals surface area contributed by atoms with Gasteiger partial charge in [0.2, 0.25) is 5.95 Å². The van der Waals surface area contributed by atoms with Gasteiger partial charge in [0, 0.05) is 5.56 Å². The van der Waals surface area contributed by atoms with E-state index >= 15 is 0 Å².